The Morgan fingerprint density at radius 2 is 1.83 bits per heavy atom. The smallest absolute Gasteiger partial charge is 0.258 e. The Morgan fingerprint density at radius 1 is 0.971 bits per heavy atom. The molecule has 0 spiro atoms. The highest BCUT2D eigenvalue weighted by atomic mass is 19.1. The average Bonchev–Trinajstić information content (AvgIpc) is 3.34. The predicted molar refractivity (Wildman–Crippen MR) is 131 cm³/mol. The van der Waals surface area contributed by atoms with E-state index in [1.165, 1.54) is 30.3 Å². The molecule has 0 radical (unpaired) electrons. The van der Waals surface area contributed by atoms with E-state index in [1.54, 1.807) is 12.3 Å². The molecule has 180 valence electrons. The van der Waals surface area contributed by atoms with Gasteiger partial charge >= 0.3 is 0 Å². The monoisotopic (exact) mass is 478 g/mol. The minimum atomic E-state index is -0.723. The van der Waals surface area contributed by atoms with E-state index in [2.05, 4.69) is 31.7 Å². The van der Waals surface area contributed by atoms with Crippen LogP contribution < -0.4 is 21.7 Å². The third-order valence-electron chi connectivity index (χ3n) is 5.32. The molecule has 1 amide bonds. The molecule has 0 bridgehead atoms. The highest BCUT2D eigenvalue weighted by molar-refractivity contribution is 6.05. The Bertz CT molecular complexity index is 1400. The third-order valence-corrected chi connectivity index (χ3v) is 5.32. The van der Waals surface area contributed by atoms with Crippen LogP contribution in [0.25, 0.3) is 11.4 Å². The first-order chi connectivity index (χ1) is 17.1. The van der Waals surface area contributed by atoms with Crippen LogP contribution in [0.3, 0.4) is 0 Å². The highest BCUT2D eigenvalue weighted by Gasteiger charge is 2.17. The quantitative estimate of drug-likeness (QED) is 0.292. The second-order valence-electron chi connectivity index (χ2n) is 7.76. The van der Waals surface area contributed by atoms with Gasteiger partial charge < -0.3 is 10.1 Å². The maximum atomic E-state index is 14.6. The van der Waals surface area contributed by atoms with Gasteiger partial charge in [-0.05, 0) is 35.9 Å². The van der Waals surface area contributed by atoms with Gasteiger partial charge in [-0.1, -0.05) is 36.4 Å². The van der Waals surface area contributed by atoms with Gasteiger partial charge in [-0.15, -0.1) is 5.53 Å². The number of nitrogens with zero attached hydrogens (tertiary/aromatic N) is 2. The largest absolute Gasteiger partial charge is 0.372 e. The molecule has 35 heavy (non-hydrogen) atoms. The van der Waals surface area contributed by atoms with Crippen LogP contribution in [0.15, 0.2) is 72.9 Å². The topological polar surface area (TPSA) is 100 Å². The number of fused-ring (bicyclic) bond motifs is 1. The summed E-state index contributed by atoms with van der Waals surface area (Å²) < 4.78 is 34.6. The van der Waals surface area contributed by atoms with Crippen LogP contribution >= 0.6 is 0 Å². The van der Waals surface area contributed by atoms with Gasteiger partial charge in [0.2, 0.25) is 0 Å². The van der Waals surface area contributed by atoms with E-state index in [4.69, 9.17) is 4.74 Å². The number of carbonyl (C=O) groups excluding carboxylic acids is 1. The molecule has 0 saturated carbocycles. The molecule has 2 heterocycles. The SMILES string of the molecule is O=C(Nc1ccc(COCc2ccccc2)c(F)c1)c1cc(-c2ncc3c(n2)NNN3)ccc1F.[HH].[HH]. The van der Waals surface area contributed by atoms with Crippen LogP contribution in [0.1, 0.15) is 24.3 Å². The summed E-state index contributed by atoms with van der Waals surface area (Å²) in [5, 5.41) is 2.54. The molecule has 0 unspecified atom stereocenters. The number of hydrogen-bond donors (Lipinski definition) is 4. The van der Waals surface area contributed by atoms with E-state index in [9.17, 15) is 13.6 Å². The van der Waals surface area contributed by atoms with Gasteiger partial charge in [0, 0.05) is 19.7 Å². The van der Waals surface area contributed by atoms with Gasteiger partial charge in [0.1, 0.15) is 17.3 Å². The molecule has 3 aromatic carbocycles. The third kappa shape index (κ3) is 5.08. The molecule has 0 atom stereocenters. The Hall–Kier alpha value is -4.41. The number of amides is 1. The average molecular weight is 479 g/mol. The standard InChI is InChI=1S/C25H20F2N6O2.2H2/c26-20-9-7-16(23-28-12-22-24(30-23)32-33-31-22)10-19(20)25(34)29-18-8-6-17(21(27)11-18)14-35-13-15-4-2-1-3-5-15;;/h1-12,31,33H,13-14H2,(H,29,34)(H,28,30,32);2*1H. The van der Waals surface area contributed by atoms with Gasteiger partial charge in [0.15, 0.2) is 11.6 Å². The number of halogens is 2. The lowest BCUT2D eigenvalue weighted by atomic mass is 10.1. The first-order valence-corrected chi connectivity index (χ1v) is 10.7. The van der Waals surface area contributed by atoms with E-state index in [0.717, 1.165) is 5.56 Å². The maximum Gasteiger partial charge on any atom is 0.258 e. The van der Waals surface area contributed by atoms with Gasteiger partial charge in [-0.3, -0.25) is 15.6 Å². The fourth-order valence-electron chi connectivity index (χ4n) is 3.50. The lowest BCUT2D eigenvalue weighted by Gasteiger charge is -2.10. The molecule has 0 saturated heterocycles. The van der Waals surface area contributed by atoms with E-state index < -0.39 is 17.5 Å². The zero-order valence-electron chi connectivity index (χ0n) is 18.3. The molecule has 1 aliphatic heterocycles. The zero-order chi connectivity index (χ0) is 24.2. The number of aromatic nitrogens is 2. The summed E-state index contributed by atoms with van der Waals surface area (Å²) in [4.78, 5) is 21.3. The fourth-order valence-corrected chi connectivity index (χ4v) is 3.50. The number of hydrogen-bond acceptors (Lipinski definition) is 7. The number of hydrazine groups is 2. The van der Waals surface area contributed by atoms with Crippen molar-refractivity contribution in [1.29, 1.82) is 0 Å². The van der Waals surface area contributed by atoms with E-state index in [-0.39, 0.29) is 20.7 Å². The van der Waals surface area contributed by atoms with Crippen molar-refractivity contribution < 1.29 is 21.2 Å². The minimum absolute atomic E-state index is 0. The summed E-state index contributed by atoms with van der Waals surface area (Å²) in [7, 11) is 0. The van der Waals surface area contributed by atoms with Crippen molar-refractivity contribution in [2.24, 2.45) is 0 Å². The summed E-state index contributed by atoms with van der Waals surface area (Å²) in [5.74, 6) is -1.15. The second kappa shape index (κ2) is 9.84. The Balaban J connectivity index is 0.00000190. The minimum Gasteiger partial charge on any atom is -0.372 e. The molecule has 4 aromatic rings. The molecule has 0 fully saturated rings. The summed E-state index contributed by atoms with van der Waals surface area (Å²) in [6, 6.07) is 17.8. The molecule has 5 rings (SSSR count). The molecule has 8 nitrogen and oxygen atoms in total. The number of ether oxygens (including phenoxy) is 1. The van der Waals surface area contributed by atoms with Crippen molar-refractivity contribution in [3.8, 4) is 11.4 Å². The lowest BCUT2D eigenvalue weighted by Crippen LogP contribution is -2.19. The zero-order valence-corrected chi connectivity index (χ0v) is 18.3. The first-order valence-electron chi connectivity index (χ1n) is 10.7. The van der Waals surface area contributed by atoms with Gasteiger partial charge in [0.05, 0.1) is 25.0 Å². The maximum absolute atomic E-state index is 14.6. The number of benzene rings is 3. The normalized spacial score (nSPS) is 11.9. The van der Waals surface area contributed by atoms with Gasteiger partial charge in [-0.2, -0.15) is 0 Å². The Kier molecular flexibility index (Phi) is 6.29. The van der Waals surface area contributed by atoms with Crippen molar-refractivity contribution in [3.05, 3.63) is 101 Å². The van der Waals surface area contributed by atoms with Crippen LogP contribution in [0.5, 0.6) is 0 Å². The molecular weight excluding hydrogens is 454 g/mol. The molecule has 4 N–H and O–H groups in total. The van der Waals surface area contributed by atoms with Crippen molar-refractivity contribution in [2.45, 2.75) is 13.2 Å². The second-order valence-corrected chi connectivity index (χ2v) is 7.76. The van der Waals surface area contributed by atoms with Crippen LogP contribution in [0.4, 0.5) is 26.0 Å². The Labute approximate surface area is 202 Å². The van der Waals surface area contributed by atoms with Crippen molar-refractivity contribution >= 4 is 23.1 Å². The Morgan fingerprint density at radius 3 is 2.66 bits per heavy atom. The number of anilines is 3. The van der Waals surface area contributed by atoms with Crippen LogP contribution in [-0.2, 0) is 18.0 Å². The summed E-state index contributed by atoms with van der Waals surface area (Å²) >= 11 is 0. The van der Waals surface area contributed by atoms with Crippen molar-refractivity contribution in [1.82, 2.24) is 15.5 Å². The molecular formula is C25H24F2N6O2. The predicted octanol–water partition coefficient (Wildman–Crippen LogP) is 5.14. The molecule has 1 aromatic heterocycles. The molecule has 10 heteroatoms. The van der Waals surface area contributed by atoms with Crippen LogP contribution in [-0.4, -0.2) is 15.9 Å². The number of rotatable bonds is 7. The fraction of sp³-hybridized carbons (Fsp3) is 0.0800. The number of carbonyl (C=O) groups is 1. The first kappa shape index (κ1) is 22.4. The highest BCUT2D eigenvalue weighted by Crippen LogP contribution is 2.26. The van der Waals surface area contributed by atoms with Crippen LogP contribution in [0, 0.1) is 11.6 Å². The van der Waals surface area contributed by atoms with Gasteiger partial charge in [0.25, 0.3) is 5.91 Å². The van der Waals surface area contributed by atoms with E-state index in [0.29, 0.717) is 35.1 Å². The van der Waals surface area contributed by atoms with Crippen molar-refractivity contribution in [3.63, 3.8) is 0 Å². The van der Waals surface area contributed by atoms with E-state index in [1.807, 2.05) is 30.3 Å². The lowest BCUT2D eigenvalue weighted by molar-refractivity contribution is 0.102. The number of nitrogens with one attached hydrogen (secondary N) is 4. The summed E-state index contributed by atoms with van der Waals surface area (Å²) in [5.41, 5.74) is 10.7. The summed E-state index contributed by atoms with van der Waals surface area (Å²) in [6.07, 6.45) is 1.56. The van der Waals surface area contributed by atoms with E-state index >= 15 is 0 Å². The van der Waals surface area contributed by atoms with Gasteiger partial charge in [-0.25, -0.2) is 18.7 Å². The molecule has 0 aliphatic carbocycles. The summed E-state index contributed by atoms with van der Waals surface area (Å²) in [6.45, 7) is 0.428. The van der Waals surface area contributed by atoms with Crippen LogP contribution in [0.2, 0.25) is 0 Å². The van der Waals surface area contributed by atoms with Crippen molar-refractivity contribution in [2.75, 3.05) is 16.2 Å². The molecule has 1 aliphatic rings.